The first kappa shape index (κ1) is 13.7. The van der Waals surface area contributed by atoms with Crippen LogP contribution in [0.4, 0.5) is 0 Å². The zero-order chi connectivity index (χ0) is 13.8. The molecule has 19 heavy (non-hydrogen) atoms. The van der Waals surface area contributed by atoms with Gasteiger partial charge in [0.25, 0.3) is 0 Å². The number of nitrogens with zero attached hydrogens (tertiary/aromatic N) is 3. The first-order valence-electron chi connectivity index (χ1n) is 6.61. The van der Waals surface area contributed by atoms with Crippen molar-refractivity contribution >= 4 is 0 Å². The van der Waals surface area contributed by atoms with E-state index in [2.05, 4.69) is 36.3 Å². The number of nitrogens with two attached hydrogens (primary N) is 1. The molecule has 0 fully saturated rings. The molecule has 5 nitrogen and oxygen atoms in total. The number of hydrogen-bond donors (Lipinski definition) is 2. The van der Waals surface area contributed by atoms with Crippen molar-refractivity contribution in [2.45, 2.75) is 39.3 Å². The quantitative estimate of drug-likeness (QED) is 0.636. The maximum absolute atomic E-state index is 5.78. The van der Waals surface area contributed by atoms with Crippen LogP contribution in [-0.2, 0) is 6.42 Å². The van der Waals surface area contributed by atoms with E-state index in [9.17, 15) is 0 Å². The summed E-state index contributed by atoms with van der Waals surface area (Å²) in [4.78, 5) is 4.18. The zero-order valence-electron chi connectivity index (χ0n) is 11.7. The summed E-state index contributed by atoms with van der Waals surface area (Å²) in [5.41, 5.74) is 6.32. The molecular weight excluding hydrogens is 238 g/mol. The lowest BCUT2D eigenvalue weighted by atomic mass is 9.98. The molecule has 1 atom stereocenters. The highest BCUT2D eigenvalue weighted by atomic mass is 15.3. The van der Waals surface area contributed by atoms with Crippen LogP contribution in [0.3, 0.4) is 0 Å². The van der Waals surface area contributed by atoms with E-state index < -0.39 is 0 Å². The molecule has 5 heteroatoms. The molecule has 3 N–H and O–H groups in total. The topological polar surface area (TPSA) is 68.8 Å². The highest BCUT2D eigenvalue weighted by molar-refractivity contribution is 5.33. The van der Waals surface area contributed by atoms with Gasteiger partial charge in [-0.1, -0.05) is 6.92 Å². The van der Waals surface area contributed by atoms with Gasteiger partial charge < -0.3 is 0 Å². The van der Waals surface area contributed by atoms with Crippen LogP contribution in [0.15, 0.2) is 30.7 Å². The summed E-state index contributed by atoms with van der Waals surface area (Å²) in [7, 11) is 0. The monoisotopic (exact) mass is 259 g/mol. The van der Waals surface area contributed by atoms with Crippen LogP contribution in [0.2, 0.25) is 0 Å². The average Bonchev–Trinajstić information content (AvgIpc) is 2.89. The fourth-order valence-electron chi connectivity index (χ4n) is 2.33. The van der Waals surface area contributed by atoms with E-state index in [-0.39, 0.29) is 6.04 Å². The number of nitrogens with one attached hydrogen (secondary N) is 1. The SMILES string of the molecule is CCc1cnccc1C(NN)c1ccnn1C(C)C. The molecule has 0 aliphatic heterocycles. The van der Waals surface area contributed by atoms with Gasteiger partial charge in [0.1, 0.15) is 0 Å². The molecular formula is C14H21N5. The molecule has 0 spiro atoms. The number of rotatable bonds is 5. The molecule has 0 aliphatic carbocycles. The van der Waals surface area contributed by atoms with Crippen molar-refractivity contribution in [3.63, 3.8) is 0 Å². The second-order valence-corrected chi connectivity index (χ2v) is 4.82. The van der Waals surface area contributed by atoms with E-state index in [0.29, 0.717) is 6.04 Å². The Balaban J connectivity index is 2.47. The Morgan fingerprint density at radius 1 is 1.32 bits per heavy atom. The molecule has 102 valence electrons. The predicted molar refractivity (Wildman–Crippen MR) is 75.4 cm³/mol. The third-order valence-corrected chi connectivity index (χ3v) is 3.29. The Bertz CT molecular complexity index is 532. The van der Waals surface area contributed by atoms with Crippen molar-refractivity contribution < 1.29 is 0 Å². The van der Waals surface area contributed by atoms with Gasteiger partial charge in [0.05, 0.1) is 11.7 Å². The van der Waals surface area contributed by atoms with Crippen LogP contribution < -0.4 is 11.3 Å². The Morgan fingerprint density at radius 2 is 2.11 bits per heavy atom. The second kappa shape index (κ2) is 5.95. The average molecular weight is 259 g/mol. The molecule has 0 bridgehead atoms. The van der Waals surface area contributed by atoms with E-state index in [0.717, 1.165) is 17.7 Å². The molecule has 0 aromatic carbocycles. The summed E-state index contributed by atoms with van der Waals surface area (Å²) in [6.07, 6.45) is 6.44. The van der Waals surface area contributed by atoms with Crippen LogP contribution in [0.5, 0.6) is 0 Å². The van der Waals surface area contributed by atoms with Crippen LogP contribution in [0.1, 0.15) is 49.7 Å². The molecule has 2 aromatic heterocycles. The highest BCUT2D eigenvalue weighted by Gasteiger charge is 2.20. The first-order chi connectivity index (χ1) is 9.19. The Labute approximate surface area is 113 Å². The van der Waals surface area contributed by atoms with E-state index in [4.69, 9.17) is 5.84 Å². The van der Waals surface area contributed by atoms with Crippen molar-refractivity contribution in [1.29, 1.82) is 0 Å². The third kappa shape index (κ3) is 2.67. The van der Waals surface area contributed by atoms with E-state index in [1.807, 2.05) is 29.2 Å². The van der Waals surface area contributed by atoms with Crippen LogP contribution in [0, 0.1) is 0 Å². The summed E-state index contributed by atoms with van der Waals surface area (Å²) in [6.45, 7) is 6.34. The van der Waals surface area contributed by atoms with Crippen LogP contribution in [0.25, 0.3) is 0 Å². The van der Waals surface area contributed by atoms with Gasteiger partial charge in [0.15, 0.2) is 0 Å². The van der Waals surface area contributed by atoms with Gasteiger partial charge in [0.2, 0.25) is 0 Å². The summed E-state index contributed by atoms with van der Waals surface area (Å²) < 4.78 is 1.99. The second-order valence-electron chi connectivity index (χ2n) is 4.82. The number of aryl methyl sites for hydroxylation is 1. The normalized spacial score (nSPS) is 12.9. The van der Waals surface area contributed by atoms with E-state index in [1.54, 1.807) is 6.20 Å². The maximum Gasteiger partial charge on any atom is 0.0882 e. The third-order valence-electron chi connectivity index (χ3n) is 3.29. The number of hydrogen-bond acceptors (Lipinski definition) is 4. The van der Waals surface area contributed by atoms with Gasteiger partial charge in [0, 0.05) is 24.6 Å². The van der Waals surface area contributed by atoms with Crippen molar-refractivity contribution in [1.82, 2.24) is 20.2 Å². The van der Waals surface area contributed by atoms with Crippen molar-refractivity contribution in [3.8, 4) is 0 Å². The van der Waals surface area contributed by atoms with Gasteiger partial charge in [-0.05, 0) is 43.5 Å². The molecule has 0 amide bonds. The molecule has 1 unspecified atom stereocenters. The zero-order valence-corrected chi connectivity index (χ0v) is 11.7. The smallest absolute Gasteiger partial charge is 0.0882 e. The molecule has 2 rings (SSSR count). The predicted octanol–water partition coefficient (Wildman–Crippen LogP) is 1.97. The van der Waals surface area contributed by atoms with Crippen LogP contribution >= 0.6 is 0 Å². The van der Waals surface area contributed by atoms with Gasteiger partial charge in [-0.3, -0.25) is 15.5 Å². The lowest BCUT2D eigenvalue weighted by molar-refractivity contribution is 0.475. The molecule has 2 heterocycles. The molecule has 0 aliphatic rings. The standard InChI is InChI=1S/C14H21N5/c1-4-11-9-16-7-5-12(11)14(18-15)13-6-8-17-19(13)10(2)3/h5-10,14,18H,4,15H2,1-3H3. The van der Waals surface area contributed by atoms with Gasteiger partial charge >= 0.3 is 0 Å². The Hall–Kier alpha value is -1.72. The van der Waals surface area contributed by atoms with Gasteiger partial charge in [-0.15, -0.1) is 0 Å². The molecule has 0 saturated carbocycles. The highest BCUT2D eigenvalue weighted by Crippen LogP contribution is 2.25. The number of aromatic nitrogens is 3. The summed E-state index contributed by atoms with van der Waals surface area (Å²) in [5, 5.41) is 4.37. The van der Waals surface area contributed by atoms with Crippen LogP contribution in [-0.4, -0.2) is 14.8 Å². The number of pyridine rings is 1. The Morgan fingerprint density at radius 3 is 2.74 bits per heavy atom. The minimum atomic E-state index is -0.0668. The maximum atomic E-state index is 5.78. The lowest BCUT2D eigenvalue weighted by Crippen LogP contribution is -2.31. The summed E-state index contributed by atoms with van der Waals surface area (Å²) in [5.74, 6) is 5.78. The fourth-order valence-corrected chi connectivity index (χ4v) is 2.33. The van der Waals surface area contributed by atoms with Crippen molar-refractivity contribution in [2.24, 2.45) is 5.84 Å². The van der Waals surface area contributed by atoms with Crippen molar-refractivity contribution in [3.05, 3.63) is 47.5 Å². The van der Waals surface area contributed by atoms with E-state index >= 15 is 0 Å². The largest absolute Gasteiger partial charge is 0.271 e. The summed E-state index contributed by atoms with van der Waals surface area (Å²) in [6, 6.07) is 4.25. The first-order valence-corrected chi connectivity index (χ1v) is 6.61. The van der Waals surface area contributed by atoms with Crippen molar-refractivity contribution in [2.75, 3.05) is 0 Å². The minimum absolute atomic E-state index is 0.0668. The van der Waals surface area contributed by atoms with E-state index in [1.165, 1.54) is 5.56 Å². The molecule has 2 aromatic rings. The molecule has 0 radical (unpaired) electrons. The summed E-state index contributed by atoms with van der Waals surface area (Å²) >= 11 is 0. The van der Waals surface area contributed by atoms with Gasteiger partial charge in [-0.25, -0.2) is 5.43 Å². The Kier molecular flexibility index (Phi) is 4.29. The lowest BCUT2D eigenvalue weighted by Gasteiger charge is -2.21. The number of hydrazine groups is 1. The van der Waals surface area contributed by atoms with Gasteiger partial charge in [-0.2, -0.15) is 5.10 Å². The fraction of sp³-hybridized carbons (Fsp3) is 0.429. The minimum Gasteiger partial charge on any atom is -0.271 e. The molecule has 0 saturated heterocycles.